The third-order valence-electron chi connectivity index (χ3n) is 4.06. The van der Waals surface area contributed by atoms with Crippen molar-refractivity contribution in [2.45, 2.75) is 19.4 Å². The van der Waals surface area contributed by atoms with Crippen molar-refractivity contribution in [2.24, 2.45) is 0 Å². The summed E-state index contributed by atoms with van der Waals surface area (Å²) in [4.78, 5) is 20.6. The van der Waals surface area contributed by atoms with Gasteiger partial charge in [-0.25, -0.2) is 13.8 Å². The predicted molar refractivity (Wildman–Crippen MR) is 95.2 cm³/mol. The lowest BCUT2D eigenvalue weighted by Crippen LogP contribution is -2.29. The zero-order chi connectivity index (χ0) is 19.4. The minimum absolute atomic E-state index is 0.0820. The number of halogens is 2. The lowest BCUT2D eigenvalue weighted by atomic mass is 9.98. The molecule has 5 nitrogen and oxygen atoms in total. The van der Waals surface area contributed by atoms with Gasteiger partial charge in [0, 0.05) is 12.6 Å². The van der Waals surface area contributed by atoms with Crippen LogP contribution in [-0.2, 0) is 6.42 Å². The van der Waals surface area contributed by atoms with Crippen LogP contribution in [0.1, 0.15) is 40.3 Å². The molecule has 1 heterocycles. The first-order valence-corrected chi connectivity index (χ1v) is 8.34. The van der Waals surface area contributed by atoms with Gasteiger partial charge in [0.1, 0.15) is 23.0 Å². The molecular formula is C20H17F2N3O2. The molecule has 0 unspecified atom stereocenters. The van der Waals surface area contributed by atoms with Gasteiger partial charge in [0.05, 0.1) is 6.04 Å². The molecule has 138 valence electrons. The summed E-state index contributed by atoms with van der Waals surface area (Å²) in [5.74, 6) is -1.43. The van der Waals surface area contributed by atoms with Crippen molar-refractivity contribution < 1.29 is 18.7 Å². The van der Waals surface area contributed by atoms with Crippen LogP contribution in [0.2, 0.25) is 0 Å². The standard InChI is InChI=1S/C20H17F2N3O2/c1-2-17-23-11-16(19(26)24-17)20(27)25-18(12-3-7-14(21)8-4-12)13-5-9-15(22)10-6-13/h3-11,18H,2H2,1H3,(H,25,27)(H,23,24,26). The highest BCUT2D eigenvalue weighted by Gasteiger charge is 2.21. The lowest BCUT2D eigenvalue weighted by molar-refractivity contribution is 0.0939. The van der Waals surface area contributed by atoms with Crippen LogP contribution in [0.4, 0.5) is 8.78 Å². The first-order valence-electron chi connectivity index (χ1n) is 8.34. The molecule has 2 N–H and O–H groups in total. The van der Waals surface area contributed by atoms with Crippen LogP contribution in [0.5, 0.6) is 5.88 Å². The number of rotatable bonds is 5. The maximum atomic E-state index is 13.3. The largest absolute Gasteiger partial charge is 0.493 e. The SMILES string of the molecule is CCc1ncc(C(=O)NC(c2ccc(F)cc2)c2ccc(F)cc2)c(O)n1. The average molecular weight is 369 g/mol. The van der Waals surface area contributed by atoms with Crippen LogP contribution < -0.4 is 5.32 Å². The zero-order valence-electron chi connectivity index (χ0n) is 14.5. The van der Waals surface area contributed by atoms with Crippen molar-refractivity contribution in [1.82, 2.24) is 15.3 Å². The van der Waals surface area contributed by atoms with E-state index in [4.69, 9.17) is 0 Å². The molecule has 0 aliphatic rings. The highest BCUT2D eigenvalue weighted by Crippen LogP contribution is 2.24. The molecule has 1 amide bonds. The highest BCUT2D eigenvalue weighted by atomic mass is 19.1. The van der Waals surface area contributed by atoms with E-state index in [2.05, 4.69) is 15.3 Å². The summed E-state index contributed by atoms with van der Waals surface area (Å²) in [6.45, 7) is 1.83. The van der Waals surface area contributed by atoms with Crippen LogP contribution in [0, 0.1) is 11.6 Å². The minimum atomic E-state index is -0.677. The summed E-state index contributed by atoms with van der Waals surface area (Å²) in [6, 6.07) is 10.5. The first-order chi connectivity index (χ1) is 13.0. The van der Waals surface area contributed by atoms with Gasteiger partial charge < -0.3 is 10.4 Å². The van der Waals surface area contributed by atoms with E-state index in [-0.39, 0.29) is 5.56 Å². The van der Waals surface area contributed by atoms with E-state index in [1.54, 1.807) is 0 Å². The predicted octanol–water partition coefficient (Wildman–Crippen LogP) is 3.54. The number of hydrogen-bond acceptors (Lipinski definition) is 4. The molecule has 1 aromatic heterocycles. The van der Waals surface area contributed by atoms with Gasteiger partial charge in [0.15, 0.2) is 0 Å². The molecule has 0 saturated carbocycles. The van der Waals surface area contributed by atoms with Crippen LogP contribution >= 0.6 is 0 Å². The Balaban J connectivity index is 1.94. The Kier molecular flexibility index (Phi) is 5.40. The quantitative estimate of drug-likeness (QED) is 0.721. The Labute approximate surface area is 154 Å². The number of benzene rings is 2. The minimum Gasteiger partial charge on any atom is -0.493 e. The van der Waals surface area contributed by atoms with E-state index in [0.717, 1.165) is 0 Å². The van der Waals surface area contributed by atoms with Gasteiger partial charge in [-0.1, -0.05) is 31.2 Å². The zero-order valence-corrected chi connectivity index (χ0v) is 14.5. The maximum absolute atomic E-state index is 13.3. The van der Waals surface area contributed by atoms with E-state index >= 15 is 0 Å². The number of aromatic hydroxyl groups is 1. The first kappa shape index (κ1) is 18.4. The van der Waals surface area contributed by atoms with Gasteiger partial charge >= 0.3 is 0 Å². The van der Waals surface area contributed by atoms with Crippen molar-refractivity contribution in [2.75, 3.05) is 0 Å². The third-order valence-corrected chi connectivity index (χ3v) is 4.06. The van der Waals surface area contributed by atoms with E-state index in [0.29, 0.717) is 23.4 Å². The van der Waals surface area contributed by atoms with Crippen molar-refractivity contribution in [1.29, 1.82) is 0 Å². The summed E-state index contributed by atoms with van der Waals surface area (Å²) >= 11 is 0. The van der Waals surface area contributed by atoms with Crippen molar-refractivity contribution in [3.63, 3.8) is 0 Å². The van der Waals surface area contributed by atoms with E-state index in [1.165, 1.54) is 54.7 Å². The number of nitrogens with one attached hydrogen (secondary N) is 1. The van der Waals surface area contributed by atoms with Crippen LogP contribution in [0.3, 0.4) is 0 Å². The molecule has 2 aromatic carbocycles. The molecule has 0 aliphatic carbocycles. The lowest BCUT2D eigenvalue weighted by Gasteiger charge is -2.20. The summed E-state index contributed by atoms with van der Waals surface area (Å²) in [5.41, 5.74) is 1.12. The molecule has 0 bridgehead atoms. The van der Waals surface area contributed by atoms with Crippen molar-refractivity contribution in [3.8, 4) is 5.88 Å². The molecule has 0 spiro atoms. The molecule has 3 rings (SSSR count). The van der Waals surface area contributed by atoms with Gasteiger partial charge in [-0.05, 0) is 35.4 Å². The van der Waals surface area contributed by atoms with Gasteiger partial charge in [0.2, 0.25) is 5.88 Å². The Bertz CT molecular complexity index is 899. The monoisotopic (exact) mass is 369 g/mol. The Morgan fingerprint density at radius 3 is 2.00 bits per heavy atom. The molecule has 0 aliphatic heterocycles. The maximum Gasteiger partial charge on any atom is 0.259 e. The number of amides is 1. The summed E-state index contributed by atoms with van der Waals surface area (Å²) < 4.78 is 26.5. The Morgan fingerprint density at radius 2 is 1.56 bits per heavy atom. The second-order valence-electron chi connectivity index (χ2n) is 5.89. The van der Waals surface area contributed by atoms with E-state index < -0.39 is 29.5 Å². The smallest absolute Gasteiger partial charge is 0.259 e. The third kappa shape index (κ3) is 4.25. The number of nitrogens with zero attached hydrogens (tertiary/aromatic N) is 2. The topological polar surface area (TPSA) is 75.1 Å². The summed E-state index contributed by atoms with van der Waals surface area (Å²) in [7, 11) is 0. The van der Waals surface area contributed by atoms with E-state index in [1.807, 2.05) is 6.92 Å². The fraction of sp³-hybridized carbons (Fsp3) is 0.150. The average Bonchev–Trinajstić information content (AvgIpc) is 2.67. The molecule has 7 heteroatoms. The summed E-state index contributed by atoms with van der Waals surface area (Å²) in [5, 5.41) is 12.8. The molecule has 3 aromatic rings. The number of aromatic nitrogens is 2. The molecular weight excluding hydrogens is 352 g/mol. The number of carbonyl (C=O) groups is 1. The van der Waals surface area contributed by atoms with Gasteiger partial charge in [-0.3, -0.25) is 4.79 Å². The van der Waals surface area contributed by atoms with Crippen molar-refractivity contribution >= 4 is 5.91 Å². The molecule has 0 fully saturated rings. The highest BCUT2D eigenvalue weighted by molar-refractivity contribution is 5.96. The van der Waals surface area contributed by atoms with Crippen LogP contribution in [-0.4, -0.2) is 21.0 Å². The Hall–Kier alpha value is -3.35. The van der Waals surface area contributed by atoms with Gasteiger partial charge in [-0.2, -0.15) is 4.98 Å². The van der Waals surface area contributed by atoms with E-state index in [9.17, 15) is 18.7 Å². The van der Waals surface area contributed by atoms with Crippen LogP contribution in [0.15, 0.2) is 54.7 Å². The van der Waals surface area contributed by atoms with Gasteiger partial charge in [0.25, 0.3) is 5.91 Å². The summed E-state index contributed by atoms with van der Waals surface area (Å²) in [6.07, 6.45) is 1.77. The second kappa shape index (κ2) is 7.90. The fourth-order valence-corrected chi connectivity index (χ4v) is 2.62. The molecule has 27 heavy (non-hydrogen) atoms. The van der Waals surface area contributed by atoms with Crippen LogP contribution in [0.25, 0.3) is 0 Å². The Morgan fingerprint density at radius 1 is 1.04 bits per heavy atom. The fourth-order valence-electron chi connectivity index (χ4n) is 2.62. The number of carbonyl (C=O) groups excluding carboxylic acids is 1. The molecule has 0 saturated heterocycles. The molecule has 0 radical (unpaired) electrons. The second-order valence-corrected chi connectivity index (χ2v) is 5.89. The van der Waals surface area contributed by atoms with Gasteiger partial charge in [-0.15, -0.1) is 0 Å². The molecule has 0 atom stereocenters. The normalized spacial score (nSPS) is 10.8. The number of aryl methyl sites for hydroxylation is 1. The van der Waals surface area contributed by atoms with Crippen molar-refractivity contribution in [3.05, 3.63) is 88.9 Å². The number of hydrogen-bond donors (Lipinski definition) is 2.